The van der Waals surface area contributed by atoms with Gasteiger partial charge < -0.3 is 15.4 Å². The van der Waals surface area contributed by atoms with Crippen LogP contribution in [0.25, 0.3) is 0 Å². The van der Waals surface area contributed by atoms with Crippen molar-refractivity contribution in [1.82, 2.24) is 15.6 Å². The average molecular weight is 366 g/mol. The molecule has 2 N–H and O–H groups in total. The van der Waals surface area contributed by atoms with Gasteiger partial charge in [-0.15, -0.1) is 0 Å². The molecule has 0 atom stereocenters. The van der Waals surface area contributed by atoms with E-state index < -0.39 is 11.7 Å². The minimum atomic E-state index is -4.44. The summed E-state index contributed by atoms with van der Waals surface area (Å²) in [5, 5.41) is 6.11. The monoisotopic (exact) mass is 366 g/mol. The minimum absolute atomic E-state index is 0.0774. The quantitative estimate of drug-likeness (QED) is 0.449. The van der Waals surface area contributed by atoms with Crippen molar-refractivity contribution < 1.29 is 17.9 Å². The van der Waals surface area contributed by atoms with Crippen molar-refractivity contribution in [2.24, 2.45) is 4.99 Å². The van der Waals surface area contributed by atoms with E-state index in [2.05, 4.69) is 20.6 Å². The zero-order valence-electron chi connectivity index (χ0n) is 14.4. The van der Waals surface area contributed by atoms with Gasteiger partial charge in [0.15, 0.2) is 5.96 Å². The lowest BCUT2D eigenvalue weighted by Crippen LogP contribution is -2.40. The van der Waals surface area contributed by atoms with Crippen LogP contribution in [0.3, 0.4) is 0 Å². The molecule has 1 heterocycles. The molecular formula is C18H21F3N4O. The van der Waals surface area contributed by atoms with Crippen molar-refractivity contribution in [1.29, 1.82) is 0 Å². The third-order valence-corrected chi connectivity index (χ3v) is 3.47. The number of hydrogen-bond donors (Lipinski definition) is 2. The Balaban J connectivity index is 1.73. The Morgan fingerprint density at radius 1 is 1.08 bits per heavy atom. The van der Waals surface area contributed by atoms with Gasteiger partial charge in [-0.2, -0.15) is 13.2 Å². The molecule has 0 spiro atoms. The number of aromatic nitrogens is 1. The summed E-state index contributed by atoms with van der Waals surface area (Å²) in [5.74, 6) is 0.369. The van der Waals surface area contributed by atoms with E-state index in [1.54, 1.807) is 13.2 Å². The Morgan fingerprint density at radius 3 is 2.50 bits per heavy atom. The largest absolute Gasteiger partial charge is 0.491 e. The van der Waals surface area contributed by atoms with Crippen molar-refractivity contribution >= 4 is 5.96 Å². The fourth-order valence-corrected chi connectivity index (χ4v) is 2.23. The number of aliphatic imine (C=N–C) groups is 1. The van der Waals surface area contributed by atoms with E-state index in [0.29, 0.717) is 19.0 Å². The zero-order valence-corrected chi connectivity index (χ0v) is 14.4. The number of guanidine groups is 1. The molecule has 2 rings (SSSR count). The molecule has 0 aliphatic carbocycles. The standard InChI is InChI=1S/C18H21F3N4O/c1-22-17(24-11-9-14-6-4-5-10-23-14)25-12-13-26-16-8-3-2-7-15(16)18(19,20)21/h2-8,10H,9,11-13H2,1H3,(H2,22,24,25). The molecule has 0 saturated heterocycles. The Kier molecular flexibility index (Phi) is 7.25. The second-order valence-corrected chi connectivity index (χ2v) is 5.34. The molecule has 1 aromatic heterocycles. The molecule has 5 nitrogen and oxygen atoms in total. The van der Waals surface area contributed by atoms with E-state index >= 15 is 0 Å². The van der Waals surface area contributed by atoms with Gasteiger partial charge in [0.25, 0.3) is 0 Å². The van der Waals surface area contributed by atoms with Gasteiger partial charge in [-0.25, -0.2) is 0 Å². The number of para-hydroxylation sites is 1. The molecule has 2 aromatic rings. The van der Waals surface area contributed by atoms with Crippen LogP contribution in [0, 0.1) is 0 Å². The summed E-state index contributed by atoms with van der Waals surface area (Å²) in [6.07, 6.45) is -1.97. The van der Waals surface area contributed by atoms with Crippen LogP contribution in [0.1, 0.15) is 11.3 Å². The number of ether oxygens (including phenoxy) is 1. The summed E-state index contributed by atoms with van der Waals surface area (Å²) in [6.45, 7) is 1.03. The lowest BCUT2D eigenvalue weighted by Gasteiger charge is -2.15. The first-order valence-electron chi connectivity index (χ1n) is 8.14. The van der Waals surface area contributed by atoms with Gasteiger partial charge in [0.05, 0.1) is 12.1 Å². The highest BCUT2D eigenvalue weighted by Gasteiger charge is 2.33. The third-order valence-electron chi connectivity index (χ3n) is 3.47. The first kappa shape index (κ1) is 19.6. The maximum absolute atomic E-state index is 12.9. The van der Waals surface area contributed by atoms with Crippen LogP contribution < -0.4 is 15.4 Å². The second-order valence-electron chi connectivity index (χ2n) is 5.34. The number of rotatable bonds is 7. The number of nitrogens with one attached hydrogen (secondary N) is 2. The van der Waals surface area contributed by atoms with Crippen molar-refractivity contribution in [3.8, 4) is 5.75 Å². The number of benzene rings is 1. The SMILES string of the molecule is CN=C(NCCOc1ccccc1C(F)(F)F)NCCc1ccccn1. The maximum Gasteiger partial charge on any atom is 0.419 e. The highest BCUT2D eigenvalue weighted by molar-refractivity contribution is 5.79. The smallest absolute Gasteiger partial charge is 0.419 e. The van der Waals surface area contributed by atoms with Crippen LogP contribution in [-0.4, -0.2) is 37.7 Å². The van der Waals surface area contributed by atoms with Gasteiger partial charge in [0.2, 0.25) is 0 Å². The summed E-state index contributed by atoms with van der Waals surface area (Å²) in [6, 6.07) is 10.9. The van der Waals surface area contributed by atoms with Gasteiger partial charge in [0.1, 0.15) is 12.4 Å². The molecule has 0 aliphatic rings. The molecule has 0 radical (unpaired) electrons. The van der Waals surface area contributed by atoms with Crippen LogP contribution in [0.2, 0.25) is 0 Å². The summed E-state index contributed by atoms with van der Waals surface area (Å²) in [5.41, 5.74) is 0.181. The normalized spacial score (nSPS) is 11.9. The molecule has 1 aromatic carbocycles. The average Bonchev–Trinajstić information content (AvgIpc) is 2.64. The van der Waals surface area contributed by atoms with Crippen molar-refractivity contribution in [3.63, 3.8) is 0 Å². The Labute approximate surface area is 150 Å². The number of alkyl halides is 3. The predicted octanol–water partition coefficient (Wildman–Crippen LogP) is 2.89. The fraction of sp³-hybridized carbons (Fsp3) is 0.333. The summed E-state index contributed by atoms with van der Waals surface area (Å²) >= 11 is 0. The van der Waals surface area contributed by atoms with Crippen molar-refractivity contribution in [3.05, 3.63) is 59.9 Å². The molecule has 0 unspecified atom stereocenters. The van der Waals surface area contributed by atoms with Crippen LogP contribution >= 0.6 is 0 Å². The van der Waals surface area contributed by atoms with E-state index in [4.69, 9.17) is 4.74 Å². The Morgan fingerprint density at radius 2 is 1.81 bits per heavy atom. The van der Waals surface area contributed by atoms with Crippen LogP contribution in [-0.2, 0) is 12.6 Å². The highest BCUT2D eigenvalue weighted by Crippen LogP contribution is 2.35. The number of halogens is 3. The van der Waals surface area contributed by atoms with Crippen LogP contribution in [0.15, 0.2) is 53.7 Å². The lowest BCUT2D eigenvalue weighted by atomic mass is 10.2. The van der Waals surface area contributed by atoms with Gasteiger partial charge in [-0.05, 0) is 24.3 Å². The highest BCUT2D eigenvalue weighted by atomic mass is 19.4. The topological polar surface area (TPSA) is 58.5 Å². The first-order chi connectivity index (χ1) is 12.5. The van der Waals surface area contributed by atoms with Gasteiger partial charge in [-0.3, -0.25) is 9.98 Å². The van der Waals surface area contributed by atoms with Gasteiger partial charge >= 0.3 is 6.18 Å². The van der Waals surface area contributed by atoms with Crippen molar-refractivity contribution in [2.45, 2.75) is 12.6 Å². The van der Waals surface area contributed by atoms with E-state index in [1.807, 2.05) is 18.2 Å². The van der Waals surface area contributed by atoms with E-state index in [-0.39, 0.29) is 12.4 Å². The van der Waals surface area contributed by atoms with E-state index in [0.717, 1.165) is 18.2 Å². The minimum Gasteiger partial charge on any atom is -0.491 e. The fourth-order valence-electron chi connectivity index (χ4n) is 2.23. The maximum atomic E-state index is 12.9. The molecule has 0 aliphatic heterocycles. The molecule has 140 valence electrons. The molecule has 0 amide bonds. The lowest BCUT2D eigenvalue weighted by molar-refractivity contribution is -0.138. The molecular weight excluding hydrogens is 345 g/mol. The molecule has 0 fully saturated rings. The van der Waals surface area contributed by atoms with E-state index in [9.17, 15) is 13.2 Å². The first-order valence-corrected chi connectivity index (χ1v) is 8.14. The Bertz CT molecular complexity index is 705. The van der Waals surface area contributed by atoms with Gasteiger partial charge in [-0.1, -0.05) is 18.2 Å². The zero-order chi connectivity index (χ0) is 18.8. The molecule has 0 saturated carbocycles. The summed E-state index contributed by atoms with van der Waals surface area (Å²) < 4.78 is 43.9. The number of nitrogens with zero attached hydrogens (tertiary/aromatic N) is 2. The van der Waals surface area contributed by atoms with Crippen molar-refractivity contribution in [2.75, 3.05) is 26.7 Å². The number of hydrogen-bond acceptors (Lipinski definition) is 3. The van der Waals surface area contributed by atoms with E-state index in [1.165, 1.54) is 18.2 Å². The molecule has 26 heavy (non-hydrogen) atoms. The number of pyridine rings is 1. The third kappa shape index (κ3) is 6.27. The molecule has 0 bridgehead atoms. The predicted molar refractivity (Wildman–Crippen MR) is 94.2 cm³/mol. The Hall–Kier alpha value is -2.77. The van der Waals surface area contributed by atoms with Crippen LogP contribution in [0.5, 0.6) is 5.75 Å². The molecule has 8 heteroatoms. The van der Waals surface area contributed by atoms with Crippen LogP contribution in [0.4, 0.5) is 13.2 Å². The summed E-state index contributed by atoms with van der Waals surface area (Å²) in [4.78, 5) is 8.29. The van der Waals surface area contributed by atoms with Gasteiger partial charge in [0, 0.05) is 31.9 Å². The second kappa shape index (κ2) is 9.65. The summed E-state index contributed by atoms with van der Waals surface area (Å²) in [7, 11) is 1.62.